The van der Waals surface area contributed by atoms with Gasteiger partial charge in [0.25, 0.3) is 0 Å². The summed E-state index contributed by atoms with van der Waals surface area (Å²) in [6.07, 6.45) is 0.0679. The molecule has 0 bridgehead atoms. The molecule has 0 amide bonds. The Kier molecular flexibility index (Phi) is 5.17. The fourth-order valence-electron chi connectivity index (χ4n) is 2.06. The van der Waals surface area contributed by atoms with Crippen molar-refractivity contribution < 1.29 is 9.90 Å². The molecule has 2 unspecified atom stereocenters. The van der Waals surface area contributed by atoms with E-state index in [0.717, 1.165) is 10.4 Å². The molecule has 20 heavy (non-hydrogen) atoms. The van der Waals surface area contributed by atoms with E-state index in [1.807, 2.05) is 48.7 Å². The van der Waals surface area contributed by atoms with Gasteiger partial charge in [-0.05, 0) is 36.1 Å². The molecule has 0 aliphatic carbocycles. The van der Waals surface area contributed by atoms with Crippen LogP contribution in [0.15, 0.2) is 41.8 Å². The Morgan fingerprint density at radius 1 is 1.35 bits per heavy atom. The van der Waals surface area contributed by atoms with Crippen LogP contribution in [0.1, 0.15) is 35.9 Å². The summed E-state index contributed by atoms with van der Waals surface area (Å²) in [5, 5.41) is 15.1. The molecule has 2 N–H and O–H groups in total. The first-order chi connectivity index (χ1) is 9.56. The monoisotopic (exact) mass is 309 g/mol. The molecule has 2 rings (SSSR count). The van der Waals surface area contributed by atoms with E-state index in [1.165, 1.54) is 0 Å². The van der Waals surface area contributed by atoms with Gasteiger partial charge in [-0.25, -0.2) is 0 Å². The Hall–Kier alpha value is -1.36. The molecule has 0 radical (unpaired) electrons. The van der Waals surface area contributed by atoms with E-state index in [-0.39, 0.29) is 18.5 Å². The third-order valence-corrected chi connectivity index (χ3v) is 4.32. The molecular formula is C15H16ClNO2S. The second-order valence-electron chi connectivity index (χ2n) is 4.61. The molecule has 1 aromatic heterocycles. The largest absolute Gasteiger partial charge is 0.481 e. The van der Waals surface area contributed by atoms with Gasteiger partial charge in [0.15, 0.2) is 0 Å². The third-order valence-electron chi connectivity index (χ3n) is 3.09. The predicted molar refractivity (Wildman–Crippen MR) is 82.3 cm³/mol. The van der Waals surface area contributed by atoms with Crippen molar-refractivity contribution in [1.82, 2.24) is 5.32 Å². The lowest BCUT2D eigenvalue weighted by Crippen LogP contribution is -2.26. The standard InChI is InChI=1S/C15H16ClNO2S/c1-10(11-4-6-12(16)7-5-11)17-13(9-15(18)19)14-3-2-8-20-14/h2-8,10,13,17H,9H2,1H3,(H,18,19). The highest BCUT2D eigenvalue weighted by atomic mass is 35.5. The highest BCUT2D eigenvalue weighted by Crippen LogP contribution is 2.26. The van der Waals surface area contributed by atoms with Crippen LogP contribution in [0, 0.1) is 0 Å². The molecule has 0 aliphatic rings. The Morgan fingerprint density at radius 2 is 2.05 bits per heavy atom. The summed E-state index contributed by atoms with van der Waals surface area (Å²) >= 11 is 7.44. The van der Waals surface area contributed by atoms with Crippen LogP contribution in [0.5, 0.6) is 0 Å². The summed E-state index contributed by atoms with van der Waals surface area (Å²) in [5.41, 5.74) is 1.08. The minimum Gasteiger partial charge on any atom is -0.481 e. The van der Waals surface area contributed by atoms with Gasteiger partial charge in [-0.1, -0.05) is 29.8 Å². The highest BCUT2D eigenvalue weighted by Gasteiger charge is 2.19. The molecule has 0 saturated carbocycles. The van der Waals surface area contributed by atoms with Gasteiger partial charge < -0.3 is 10.4 Å². The van der Waals surface area contributed by atoms with Crippen molar-refractivity contribution in [3.8, 4) is 0 Å². The highest BCUT2D eigenvalue weighted by molar-refractivity contribution is 7.10. The molecule has 0 spiro atoms. The Labute approximate surface area is 127 Å². The van der Waals surface area contributed by atoms with Crippen molar-refractivity contribution in [2.75, 3.05) is 0 Å². The SMILES string of the molecule is CC(NC(CC(=O)O)c1cccs1)c1ccc(Cl)cc1. The first kappa shape index (κ1) is 15.0. The number of aliphatic carboxylic acids is 1. The molecule has 106 valence electrons. The van der Waals surface area contributed by atoms with E-state index >= 15 is 0 Å². The molecule has 1 aromatic carbocycles. The number of benzene rings is 1. The Morgan fingerprint density at radius 3 is 2.60 bits per heavy atom. The number of carbonyl (C=O) groups is 1. The zero-order chi connectivity index (χ0) is 14.5. The number of hydrogen-bond acceptors (Lipinski definition) is 3. The van der Waals surface area contributed by atoms with Crippen LogP contribution < -0.4 is 5.32 Å². The van der Waals surface area contributed by atoms with Crippen molar-refractivity contribution in [3.05, 3.63) is 57.2 Å². The van der Waals surface area contributed by atoms with E-state index in [2.05, 4.69) is 5.32 Å². The first-order valence-electron chi connectivity index (χ1n) is 6.33. The van der Waals surface area contributed by atoms with Gasteiger partial charge in [-0.2, -0.15) is 0 Å². The van der Waals surface area contributed by atoms with Gasteiger partial charge in [0, 0.05) is 15.9 Å². The lowest BCUT2D eigenvalue weighted by atomic mass is 10.1. The van der Waals surface area contributed by atoms with Crippen LogP contribution in [-0.2, 0) is 4.79 Å². The van der Waals surface area contributed by atoms with E-state index in [0.29, 0.717) is 5.02 Å². The summed E-state index contributed by atoms with van der Waals surface area (Å²) in [6.45, 7) is 2.02. The second kappa shape index (κ2) is 6.88. The van der Waals surface area contributed by atoms with Gasteiger partial charge in [0.05, 0.1) is 12.5 Å². The number of rotatable bonds is 6. The molecule has 1 heterocycles. The average Bonchev–Trinajstić information content (AvgIpc) is 2.92. The van der Waals surface area contributed by atoms with Gasteiger partial charge in [0.1, 0.15) is 0 Å². The number of halogens is 1. The van der Waals surface area contributed by atoms with Gasteiger partial charge in [0.2, 0.25) is 0 Å². The normalized spacial score (nSPS) is 13.9. The minimum atomic E-state index is -0.806. The number of nitrogens with one attached hydrogen (secondary N) is 1. The van der Waals surface area contributed by atoms with Crippen LogP contribution in [0.3, 0.4) is 0 Å². The maximum Gasteiger partial charge on any atom is 0.305 e. The van der Waals surface area contributed by atoms with E-state index < -0.39 is 5.97 Å². The summed E-state index contributed by atoms with van der Waals surface area (Å²) in [4.78, 5) is 12.1. The van der Waals surface area contributed by atoms with Gasteiger partial charge in [-0.15, -0.1) is 11.3 Å². The fourth-order valence-corrected chi connectivity index (χ4v) is 2.97. The van der Waals surface area contributed by atoms with Gasteiger partial charge in [-0.3, -0.25) is 4.79 Å². The lowest BCUT2D eigenvalue weighted by Gasteiger charge is -2.21. The third kappa shape index (κ3) is 4.07. The zero-order valence-corrected chi connectivity index (χ0v) is 12.6. The summed E-state index contributed by atoms with van der Waals surface area (Å²) in [6, 6.07) is 11.3. The van der Waals surface area contributed by atoms with Crippen molar-refractivity contribution in [1.29, 1.82) is 0 Å². The lowest BCUT2D eigenvalue weighted by molar-refractivity contribution is -0.137. The molecule has 0 saturated heterocycles. The molecule has 5 heteroatoms. The maximum atomic E-state index is 11.0. The van der Waals surface area contributed by atoms with Crippen molar-refractivity contribution in [3.63, 3.8) is 0 Å². The molecule has 0 fully saturated rings. The number of thiophene rings is 1. The summed E-state index contributed by atoms with van der Waals surface area (Å²) in [7, 11) is 0. The molecule has 0 aliphatic heterocycles. The topological polar surface area (TPSA) is 49.3 Å². The fraction of sp³-hybridized carbons (Fsp3) is 0.267. The number of carboxylic acid groups (broad SMARTS) is 1. The van der Waals surface area contributed by atoms with E-state index in [1.54, 1.807) is 11.3 Å². The zero-order valence-electron chi connectivity index (χ0n) is 11.0. The van der Waals surface area contributed by atoms with Crippen LogP contribution in [0.25, 0.3) is 0 Å². The Balaban J connectivity index is 2.11. The van der Waals surface area contributed by atoms with Crippen molar-refractivity contribution in [2.24, 2.45) is 0 Å². The van der Waals surface area contributed by atoms with Crippen molar-refractivity contribution in [2.45, 2.75) is 25.4 Å². The van der Waals surface area contributed by atoms with E-state index in [9.17, 15) is 4.79 Å². The smallest absolute Gasteiger partial charge is 0.305 e. The quantitative estimate of drug-likeness (QED) is 0.838. The van der Waals surface area contributed by atoms with E-state index in [4.69, 9.17) is 16.7 Å². The number of carboxylic acids is 1. The molecule has 3 nitrogen and oxygen atoms in total. The second-order valence-corrected chi connectivity index (χ2v) is 6.02. The first-order valence-corrected chi connectivity index (χ1v) is 7.58. The average molecular weight is 310 g/mol. The Bertz CT molecular complexity index is 554. The van der Waals surface area contributed by atoms with Gasteiger partial charge >= 0.3 is 5.97 Å². The van der Waals surface area contributed by atoms with Crippen LogP contribution in [-0.4, -0.2) is 11.1 Å². The van der Waals surface area contributed by atoms with Crippen LogP contribution >= 0.6 is 22.9 Å². The van der Waals surface area contributed by atoms with Crippen LogP contribution in [0.2, 0.25) is 5.02 Å². The molecular weight excluding hydrogens is 294 g/mol. The van der Waals surface area contributed by atoms with Crippen LogP contribution in [0.4, 0.5) is 0 Å². The van der Waals surface area contributed by atoms with Crippen molar-refractivity contribution >= 4 is 28.9 Å². The summed E-state index contributed by atoms with van der Waals surface area (Å²) in [5.74, 6) is -0.806. The molecule has 2 aromatic rings. The predicted octanol–water partition coefficient (Wildman–Crippen LogP) is 4.27. The minimum absolute atomic E-state index is 0.0544. The summed E-state index contributed by atoms with van der Waals surface area (Å²) < 4.78 is 0. The molecule has 2 atom stereocenters. The number of hydrogen-bond donors (Lipinski definition) is 2. The maximum absolute atomic E-state index is 11.0.